The second-order valence-electron chi connectivity index (χ2n) is 18.2. The first-order chi connectivity index (χ1) is 35.7. The highest BCUT2D eigenvalue weighted by atomic mass is 14.9. The fourth-order valence-corrected chi connectivity index (χ4v) is 10.5. The summed E-state index contributed by atoms with van der Waals surface area (Å²) in [6.07, 6.45) is 0. The van der Waals surface area contributed by atoms with E-state index in [4.69, 9.17) is 15.0 Å². The van der Waals surface area contributed by atoms with Gasteiger partial charge in [-0.05, 0) is 78.3 Å². The molecule has 0 bridgehead atoms. The molecule has 0 aliphatic rings. The Morgan fingerprint density at radius 3 is 1.04 bits per heavy atom. The van der Waals surface area contributed by atoms with E-state index in [2.05, 4.69) is 255 Å². The third-order valence-corrected chi connectivity index (χ3v) is 13.9. The summed E-state index contributed by atoms with van der Waals surface area (Å²) in [5.74, 6) is 0.675. The van der Waals surface area contributed by atoms with Crippen LogP contribution in [0.4, 0.5) is 0 Å². The molecule has 0 amide bonds. The summed E-state index contributed by atoms with van der Waals surface area (Å²) in [6, 6.07) is 97.1. The van der Waals surface area contributed by atoms with E-state index in [-0.39, 0.29) is 0 Å². The summed E-state index contributed by atoms with van der Waals surface area (Å²) >= 11 is 0. The van der Waals surface area contributed by atoms with Crippen molar-refractivity contribution in [3.8, 4) is 101 Å². The Hall–Kier alpha value is -9.57. The van der Waals surface area contributed by atoms with Gasteiger partial charge in [-0.1, -0.05) is 255 Å². The summed E-state index contributed by atoms with van der Waals surface area (Å²) in [5, 5.41) is 7.58. The largest absolute Gasteiger partial charge is 0.246 e. The molecule has 0 spiro atoms. The van der Waals surface area contributed by atoms with Crippen molar-refractivity contribution in [3.05, 3.63) is 273 Å². The number of nitrogens with zero attached hydrogens (tertiary/aromatic N) is 3. The summed E-state index contributed by atoms with van der Waals surface area (Å²) < 4.78 is 0. The van der Waals surface area contributed by atoms with Crippen molar-refractivity contribution in [1.29, 1.82) is 0 Å². The van der Waals surface area contributed by atoms with Crippen molar-refractivity contribution >= 4 is 32.3 Å². The molecule has 0 atom stereocenters. The normalized spacial score (nSPS) is 11.3. The van der Waals surface area contributed by atoms with Crippen molar-refractivity contribution in [1.82, 2.24) is 15.0 Å². The molecule has 0 aliphatic heterocycles. The summed E-state index contributed by atoms with van der Waals surface area (Å²) in [6.45, 7) is 0. The smallest absolute Gasteiger partial charge is 0.160 e. The van der Waals surface area contributed by atoms with Crippen molar-refractivity contribution in [2.75, 3.05) is 0 Å². The second kappa shape index (κ2) is 18.4. The fourth-order valence-electron chi connectivity index (χ4n) is 10.5. The predicted octanol–water partition coefficient (Wildman–Crippen LogP) is 18.3. The van der Waals surface area contributed by atoms with Crippen molar-refractivity contribution in [2.24, 2.45) is 0 Å². The molecule has 13 rings (SSSR count). The van der Waals surface area contributed by atoms with Gasteiger partial charge in [0, 0.05) is 44.5 Å². The van der Waals surface area contributed by atoms with E-state index >= 15 is 0 Å². The number of benzene rings is 11. The average Bonchev–Trinajstić information content (AvgIpc) is 3.47. The van der Waals surface area contributed by atoms with Gasteiger partial charge in [-0.15, -0.1) is 0 Å². The highest BCUT2D eigenvalue weighted by Crippen LogP contribution is 2.49. The van der Waals surface area contributed by atoms with Crippen LogP contribution in [-0.2, 0) is 0 Å². The van der Waals surface area contributed by atoms with Gasteiger partial charge >= 0.3 is 0 Å². The fraction of sp³-hybridized carbons (Fsp3) is 0. The number of rotatable bonds is 9. The van der Waals surface area contributed by atoms with E-state index in [0.717, 1.165) is 95.1 Å². The van der Waals surface area contributed by atoms with Crippen LogP contribution in [0.25, 0.3) is 133 Å². The van der Waals surface area contributed by atoms with Crippen LogP contribution in [0.2, 0.25) is 0 Å². The van der Waals surface area contributed by atoms with E-state index in [1.54, 1.807) is 0 Å². The molecule has 13 aromatic rings. The van der Waals surface area contributed by atoms with E-state index in [1.165, 1.54) is 32.3 Å². The molecule has 3 heteroatoms. The quantitative estimate of drug-likeness (QED) is 0.135. The Kier molecular flexibility index (Phi) is 10.9. The molecule has 0 radical (unpaired) electrons. The van der Waals surface area contributed by atoms with E-state index < -0.39 is 0 Å². The maximum absolute atomic E-state index is 5.64. The van der Waals surface area contributed by atoms with Gasteiger partial charge in [-0.25, -0.2) is 15.0 Å². The van der Waals surface area contributed by atoms with Crippen LogP contribution < -0.4 is 0 Å². The Bertz CT molecular complexity index is 3960. The van der Waals surface area contributed by atoms with Crippen LogP contribution in [0.5, 0.6) is 0 Å². The van der Waals surface area contributed by atoms with Gasteiger partial charge in [0.25, 0.3) is 0 Å². The summed E-state index contributed by atoms with van der Waals surface area (Å²) in [5.41, 5.74) is 17.5. The van der Waals surface area contributed by atoms with Gasteiger partial charge < -0.3 is 0 Å². The highest BCUT2D eigenvalue weighted by Gasteiger charge is 2.25. The summed E-state index contributed by atoms with van der Waals surface area (Å²) in [4.78, 5) is 16.2. The number of fused-ring (bicyclic) bond motifs is 6. The van der Waals surface area contributed by atoms with Gasteiger partial charge in [0.05, 0.1) is 22.8 Å². The van der Waals surface area contributed by atoms with E-state index in [9.17, 15) is 0 Å². The molecule has 0 N–H and O–H groups in total. The van der Waals surface area contributed by atoms with Crippen LogP contribution in [0.15, 0.2) is 273 Å². The molecule has 72 heavy (non-hydrogen) atoms. The van der Waals surface area contributed by atoms with Crippen LogP contribution in [-0.4, -0.2) is 15.0 Å². The minimum absolute atomic E-state index is 0.675. The maximum atomic E-state index is 5.64. The zero-order valence-electron chi connectivity index (χ0n) is 39.3. The molecule has 0 unspecified atom stereocenters. The zero-order chi connectivity index (χ0) is 47.8. The van der Waals surface area contributed by atoms with Gasteiger partial charge in [0.2, 0.25) is 0 Å². The minimum Gasteiger partial charge on any atom is -0.246 e. The molecule has 0 saturated heterocycles. The van der Waals surface area contributed by atoms with Gasteiger partial charge in [0.1, 0.15) is 0 Å². The highest BCUT2D eigenvalue weighted by molar-refractivity contribution is 6.25. The Labute approximate surface area is 419 Å². The first kappa shape index (κ1) is 42.5. The molecule has 2 heterocycles. The first-order valence-electron chi connectivity index (χ1n) is 24.5. The molecule has 11 aromatic carbocycles. The third-order valence-electron chi connectivity index (χ3n) is 13.9. The van der Waals surface area contributed by atoms with Crippen molar-refractivity contribution in [2.45, 2.75) is 0 Å². The molecule has 2 aromatic heterocycles. The Morgan fingerprint density at radius 1 is 0.181 bits per heavy atom. The number of hydrogen-bond donors (Lipinski definition) is 0. The topological polar surface area (TPSA) is 38.7 Å². The predicted molar refractivity (Wildman–Crippen MR) is 301 cm³/mol. The Balaban J connectivity index is 0.975. The van der Waals surface area contributed by atoms with Crippen molar-refractivity contribution in [3.63, 3.8) is 0 Å². The lowest BCUT2D eigenvalue weighted by atomic mass is 9.83. The van der Waals surface area contributed by atoms with Gasteiger partial charge in [-0.2, -0.15) is 0 Å². The first-order valence-corrected chi connectivity index (χ1v) is 24.5. The molecule has 336 valence electrons. The SMILES string of the molecule is c1ccc(-c2nc(-c3ccc(-c4c(-c5ccccc5)c(-c5ccccc5)nc(-c5ccccc5)c4-c4ccccc4)cc3)cc(-c3cccc(-c4ccc5c6ccccc6c6ccccc6c5c4)c3)n2)cc1. The van der Waals surface area contributed by atoms with Crippen LogP contribution in [0, 0.1) is 0 Å². The lowest BCUT2D eigenvalue weighted by Gasteiger charge is -2.23. The molecule has 0 saturated carbocycles. The van der Waals surface area contributed by atoms with E-state index in [1.807, 2.05) is 18.2 Å². The lowest BCUT2D eigenvalue weighted by Crippen LogP contribution is -2.01. The third kappa shape index (κ3) is 7.80. The van der Waals surface area contributed by atoms with Crippen LogP contribution in [0.3, 0.4) is 0 Å². The Morgan fingerprint density at radius 2 is 0.528 bits per heavy atom. The molecule has 0 fully saturated rings. The van der Waals surface area contributed by atoms with Gasteiger partial charge in [0.15, 0.2) is 5.82 Å². The van der Waals surface area contributed by atoms with Crippen molar-refractivity contribution < 1.29 is 0 Å². The maximum Gasteiger partial charge on any atom is 0.160 e. The van der Waals surface area contributed by atoms with Crippen LogP contribution >= 0.6 is 0 Å². The number of pyridine rings is 1. The minimum atomic E-state index is 0.675. The monoisotopic (exact) mass is 915 g/mol. The van der Waals surface area contributed by atoms with E-state index in [0.29, 0.717) is 5.82 Å². The molecule has 3 nitrogen and oxygen atoms in total. The molecular weight excluding hydrogens is 871 g/mol. The number of aromatic nitrogens is 3. The second-order valence-corrected chi connectivity index (χ2v) is 18.2. The lowest BCUT2D eigenvalue weighted by molar-refractivity contribution is 1.18. The standard InChI is InChI=1S/C69H45N3/c1-6-21-47(22-7-1)65-64(66(48-23-8-2-9-24-48)68(51-27-12-4-13-28-51)72-67(65)50-25-10-3-11-26-50)49-39-37-46(38-40-49)62-45-63(71-69(70-62)52-29-14-5-15-30-52)55-32-20-31-53(43-55)54-41-42-60-58-35-17-16-33-56(58)57-34-18-19-36-59(57)61(60)44-54/h1-45H. The summed E-state index contributed by atoms with van der Waals surface area (Å²) in [7, 11) is 0. The zero-order valence-corrected chi connectivity index (χ0v) is 39.3. The average molecular weight is 916 g/mol. The molecule has 0 aliphatic carbocycles. The van der Waals surface area contributed by atoms with Crippen LogP contribution in [0.1, 0.15) is 0 Å². The van der Waals surface area contributed by atoms with Gasteiger partial charge in [-0.3, -0.25) is 0 Å². The number of hydrogen-bond acceptors (Lipinski definition) is 3. The molecular formula is C69H45N3.